The molecule has 0 radical (unpaired) electrons. The second kappa shape index (κ2) is 7.97. The van der Waals surface area contributed by atoms with Crippen LogP contribution in [0.25, 0.3) is 10.2 Å². The number of likely N-dealkylation sites (tertiary alicyclic amines) is 1. The molecule has 0 unspecified atom stereocenters. The molecule has 2 saturated heterocycles. The fraction of sp³-hybridized carbons (Fsp3) is 0.364. The van der Waals surface area contributed by atoms with E-state index < -0.39 is 0 Å². The minimum absolute atomic E-state index is 0.000611. The number of hydrogen-bond donors (Lipinski definition) is 1. The first-order chi connectivity index (χ1) is 14.2. The molecule has 2 fully saturated rings. The third-order valence-corrected chi connectivity index (χ3v) is 7.99. The van der Waals surface area contributed by atoms with Gasteiger partial charge in [0, 0.05) is 37.1 Å². The van der Waals surface area contributed by atoms with Crippen molar-refractivity contribution in [1.82, 2.24) is 9.88 Å². The van der Waals surface area contributed by atoms with Crippen LogP contribution in [0.15, 0.2) is 52.9 Å². The van der Waals surface area contributed by atoms with Gasteiger partial charge in [-0.05, 0) is 55.8 Å². The van der Waals surface area contributed by atoms with Crippen LogP contribution in [-0.4, -0.2) is 54.3 Å². The van der Waals surface area contributed by atoms with Crippen molar-refractivity contribution in [3.63, 3.8) is 0 Å². The minimum atomic E-state index is 0.000611. The first-order valence-electron chi connectivity index (χ1n) is 9.99. The maximum absolute atomic E-state index is 12.4. The number of thiazole rings is 1. The Bertz CT molecular complexity index is 986. The SMILES string of the molecule is CN1C[C@@H]2CCN(c3ccc(NC(=O)CSc4nc5ccccc5s4)cc3)[C@@H]2C1. The third-order valence-electron chi connectivity index (χ3n) is 5.81. The zero-order chi connectivity index (χ0) is 19.8. The molecule has 0 spiro atoms. The molecule has 2 aromatic carbocycles. The van der Waals surface area contributed by atoms with Crippen LogP contribution in [0.1, 0.15) is 6.42 Å². The topological polar surface area (TPSA) is 48.5 Å². The van der Waals surface area contributed by atoms with Crippen molar-refractivity contribution in [2.75, 3.05) is 42.7 Å². The Balaban J connectivity index is 1.17. The normalized spacial score (nSPS) is 21.6. The van der Waals surface area contributed by atoms with Gasteiger partial charge >= 0.3 is 0 Å². The van der Waals surface area contributed by atoms with Crippen molar-refractivity contribution in [2.24, 2.45) is 5.92 Å². The molecule has 1 amide bonds. The Hall–Kier alpha value is -2.09. The standard InChI is InChI=1S/C22H24N4OS2/c1-25-12-15-10-11-26(19(15)13-25)17-8-6-16(7-9-17)23-21(27)14-28-22-24-18-4-2-3-5-20(18)29-22/h2-9,15,19H,10-14H2,1H3,(H,23,27)/t15-,19+/m0/s1. The van der Waals surface area contributed by atoms with E-state index in [1.165, 1.54) is 30.4 Å². The molecule has 5 nitrogen and oxygen atoms in total. The van der Waals surface area contributed by atoms with Gasteiger partial charge in [-0.15, -0.1) is 11.3 Å². The van der Waals surface area contributed by atoms with E-state index in [4.69, 9.17) is 0 Å². The Kier molecular flexibility index (Phi) is 5.20. The maximum atomic E-state index is 12.4. The average molecular weight is 425 g/mol. The van der Waals surface area contributed by atoms with Crippen molar-refractivity contribution < 1.29 is 4.79 Å². The molecule has 0 aliphatic carbocycles. The quantitative estimate of drug-likeness (QED) is 0.623. The number of nitrogens with zero attached hydrogens (tertiary/aromatic N) is 3. The number of fused-ring (bicyclic) bond motifs is 2. The van der Waals surface area contributed by atoms with Crippen LogP contribution in [0, 0.1) is 5.92 Å². The highest BCUT2D eigenvalue weighted by molar-refractivity contribution is 8.01. The number of likely N-dealkylation sites (N-methyl/N-ethyl adjacent to an activating group) is 1. The molecular formula is C22H24N4OS2. The average Bonchev–Trinajstić information content (AvgIpc) is 3.40. The monoisotopic (exact) mass is 424 g/mol. The Labute approximate surface area is 179 Å². The molecule has 2 aliphatic heterocycles. The van der Waals surface area contributed by atoms with Crippen LogP contribution in [0.5, 0.6) is 0 Å². The van der Waals surface area contributed by atoms with Gasteiger partial charge in [-0.25, -0.2) is 4.98 Å². The molecule has 5 rings (SSSR count). The molecule has 0 saturated carbocycles. The molecule has 150 valence electrons. The minimum Gasteiger partial charge on any atom is -0.367 e. The third kappa shape index (κ3) is 3.99. The lowest BCUT2D eigenvalue weighted by molar-refractivity contribution is -0.113. The van der Waals surface area contributed by atoms with Gasteiger partial charge in [0.2, 0.25) is 5.91 Å². The molecule has 29 heavy (non-hydrogen) atoms. The summed E-state index contributed by atoms with van der Waals surface area (Å²) in [5.74, 6) is 1.16. The lowest BCUT2D eigenvalue weighted by Crippen LogP contribution is -2.34. The zero-order valence-corrected chi connectivity index (χ0v) is 18.0. The number of aromatic nitrogens is 1. The number of para-hydroxylation sites is 1. The molecule has 2 aliphatic rings. The largest absolute Gasteiger partial charge is 0.367 e. The zero-order valence-electron chi connectivity index (χ0n) is 16.4. The number of rotatable bonds is 5. The number of amides is 1. The number of carbonyl (C=O) groups excluding carboxylic acids is 1. The predicted molar refractivity (Wildman–Crippen MR) is 122 cm³/mol. The lowest BCUT2D eigenvalue weighted by Gasteiger charge is -2.26. The number of nitrogens with one attached hydrogen (secondary N) is 1. The number of thioether (sulfide) groups is 1. The summed E-state index contributed by atoms with van der Waals surface area (Å²) in [7, 11) is 2.21. The van der Waals surface area contributed by atoms with E-state index in [1.807, 2.05) is 30.3 Å². The highest BCUT2D eigenvalue weighted by Crippen LogP contribution is 2.35. The fourth-order valence-corrected chi connectivity index (χ4v) is 6.33. The fourth-order valence-electron chi connectivity index (χ4n) is 4.47. The molecule has 1 N–H and O–H groups in total. The first-order valence-corrected chi connectivity index (χ1v) is 11.8. The summed E-state index contributed by atoms with van der Waals surface area (Å²) < 4.78 is 2.09. The second-order valence-corrected chi connectivity index (χ2v) is 10.1. The van der Waals surface area contributed by atoms with Gasteiger partial charge in [-0.1, -0.05) is 23.9 Å². The van der Waals surface area contributed by atoms with Gasteiger partial charge < -0.3 is 15.1 Å². The van der Waals surface area contributed by atoms with E-state index in [-0.39, 0.29) is 5.91 Å². The lowest BCUT2D eigenvalue weighted by atomic mass is 10.0. The van der Waals surface area contributed by atoms with Gasteiger partial charge in [-0.2, -0.15) is 0 Å². The maximum Gasteiger partial charge on any atom is 0.234 e. The molecule has 7 heteroatoms. The molecule has 0 bridgehead atoms. The second-order valence-electron chi connectivity index (χ2n) is 7.86. The molecular weight excluding hydrogens is 400 g/mol. The van der Waals surface area contributed by atoms with Gasteiger partial charge in [0.25, 0.3) is 0 Å². The molecule has 1 aromatic heterocycles. The van der Waals surface area contributed by atoms with Crippen LogP contribution in [0.4, 0.5) is 11.4 Å². The molecule has 3 aromatic rings. The van der Waals surface area contributed by atoms with Crippen LogP contribution in [0.2, 0.25) is 0 Å². The summed E-state index contributed by atoms with van der Waals surface area (Å²) in [4.78, 5) is 21.9. The van der Waals surface area contributed by atoms with Crippen LogP contribution < -0.4 is 10.2 Å². The Morgan fingerprint density at radius 2 is 2.03 bits per heavy atom. The van der Waals surface area contributed by atoms with Crippen molar-refractivity contribution in [3.05, 3.63) is 48.5 Å². The van der Waals surface area contributed by atoms with Crippen LogP contribution >= 0.6 is 23.1 Å². The number of anilines is 2. The molecule has 2 atom stereocenters. The summed E-state index contributed by atoms with van der Waals surface area (Å²) in [6.45, 7) is 3.49. The van der Waals surface area contributed by atoms with Gasteiger partial charge in [0.15, 0.2) is 4.34 Å². The van der Waals surface area contributed by atoms with E-state index in [9.17, 15) is 4.79 Å². The highest BCUT2D eigenvalue weighted by Gasteiger charge is 2.39. The number of benzene rings is 2. The van der Waals surface area contributed by atoms with E-state index in [0.717, 1.165) is 39.3 Å². The van der Waals surface area contributed by atoms with E-state index in [0.29, 0.717) is 11.8 Å². The smallest absolute Gasteiger partial charge is 0.234 e. The van der Waals surface area contributed by atoms with Crippen LogP contribution in [-0.2, 0) is 4.79 Å². The first kappa shape index (κ1) is 18.9. The van der Waals surface area contributed by atoms with Crippen molar-refractivity contribution >= 4 is 50.6 Å². The van der Waals surface area contributed by atoms with Crippen molar-refractivity contribution in [3.8, 4) is 0 Å². The van der Waals surface area contributed by atoms with Gasteiger partial charge in [-0.3, -0.25) is 4.79 Å². The van der Waals surface area contributed by atoms with Gasteiger partial charge in [0.1, 0.15) is 0 Å². The van der Waals surface area contributed by atoms with E-state index >= 15 is 0 Å². The Morgan fingerprint density at radius 3 is 2.86 bits per heavy atom. The molecule has 3 heterocycles. The summed E-state index contributed by atoms with van der Waals surface area (Å²) >= 11 is 3.12. The van der Waals surface area contributed by atoms with Gasteiger partial charge in [0.05, 0.1) is 16.0 Å². The predicted octanol–water partition coefficient (Wildman–Crippen LogP) is 4.17. The summed E-state index contributed by atoms with van der Waals surface area (Å²) in [6.07, 6.45) is 1.27. The van der Waals surface area contributed by atoms with Crippen LogP contribution in [0.3, 0.4) is 0 Å². The summed E-state index contributed by atoms with van der Waals surface area (Å²) in [5.41, 5.74) is 3.10. The summed E-state index contributed by atoms with van der Waals surface area (Å²) in [6, 6.07) is 17.0. The van der Waals surface area contributed by atoms with E-state index in [1.54, 1.807) is 11.3 Å². The number of carbonyl (C=O) groups is 1. The Morgan fingerprint density at radius 1 is 1.21 bits per heavy atom. The van der Waals surface area contributed by atoms with E-state index in [2.05, 4.69) is 45.3 Å². The number of hydrogen-bond acceptors (Lipinski definition) is 6. The van der Waals surface area contributed by atoms with Crippen molar-refractivity contribution in [2.45, 2.75) is 16.8 Å². The summed E-state index contributed by atoms with van der Waals surface area (Å²) in [5, 5.41) is 3.01. The van der Waals surface area contributed by atoms with Crippen molar-refractivity contribution in [1.29, 1.82) is 0 Å². The highest BCUT2D eigenvalue weighted by atomic mass is 32.2.